The van der Waals surface area contributed by atoms with Gasteiger partial charge < -0.3 is 10.7 Å². The Morgan fingerprint density at radius 2 is 2.11 bits per heavy atom. The maximum Gasteiger partial charge on any atom is 0.273 e. The van der Waals surface area contributed by atoms with Crippen molar-refractivity contribution in [2.75, 3.05) is 17.3 Å². The minimum absolute atomic E-state index is 0.00785. The fourth-order valence-corrected chi connectivity index (χ4v) is 2.39. The molecule has 0 aliphatic heterocycles. The fourth-order valence-electron chi connectivity index (χ4n) is 1.69. The van der Waals surface area contributed by atoms with Crippen LogP contribution in [0.3, 0.4) is 0 Å². The van der Waals surface area contributed by atoms with E-state index in [2.05, 4.69) is 22.2 Å². The molecule has 0 atom stereocenters. The molecule has 100 valence electrons. The van der Waals surface area contributed by atoms with Crippen molar-refractivity contribution in [3.63, 3.8) is 0 Å². The van der Waals surface area contributed by atoms with Crippen LogP contribution in [0.1, 0.15) is 5.56 Å². The zero-order valence-corrected chi connectivity index (χ0v) is 10.9. The monoisotopic (exact) mass is 278 g/mol. The minimum Gasteiger partial charge on any atom is -0.384 e. The summed E-state index contributed by atoms with van der Waals surface area (Å²) in [4.78, 5) is 10.4. The molecule has 1 aromatic heterocycles. The van der Waals surface area contributed by atoms with Gasteiger partial charge in [-0.15, -0.1) is 0 Å². The molecule has 6 nitrogen and oxygen atoms in total. The lowest BCUT2D eigenvalue weighted by atomic mass is 10.2. The van der Waals surface area contributed by atoms with E-state index in [9.17, 15) is 10.1 Å². The number of nitro benzene ring substituents is 1. The first-order valence-electron chi connectivity index (χ1n) is 5.70. The molecule has 0 aliphatic rings. The highest BCUT2D eigenvalue weighted by atomic mass is 32.1. The van der Waals surface area contributed by atoms with E-state index in [0.717, 1.165) is 6.42 Å². The second kappa shape index (κ2) is 6.17. The lowest BCUT2D eigenvalue weighted by Gasteiger charge is -2.08. The molecule has 0 spiro atoms. The lowest BCUT2D eigenvalue weighted by molar-refractivity contribution is -0.384. The van der Waals surface area contributed by atoms with Crippen LogP contribution in [-0.4, -0.2) is 11.5 Å². The summed E-state index contributed by atoms with van der Waals surface area (Å²) in [7, 11) is 0. The molecular weight excluding hydrogens is 264 g/mol. The van der Waals surface area contributed by atoms with Crippen molar-refractivity contribution in [3.05, 3.63) is 50.7 Å². The molecule has 1 heterocycles. The molecule has 0 unspecified atom stereocenters. The summed E-state index contributed by atoms with van der Waals surface area (Å²) in [6.07, 6.45) is 0.873. The molecule has 0 saturated heterocycles. The molecule has 1 aromatic carbocycles. The van der Waals surface area contributed by atoms with Gasteiger partial charge in [0.25, 0.3) is 5.69 Å². The highest BCUT2D eigenvalue weighted by Crippen LogP contribution is 2.23. The molecule has 0 radical (unpaired) electrons. The SMILES string of the molecule is NNc1cc(NCCc2ccsc2)cc([N+](=O)[O-])c1. The van der Waals surface area contributed by atoms with Gasteiger partial charge in [-0.3, -0.25) is 16.0 Å². The number of anilines is 2. The summed E-state index contributed by atoms with van der Waals surface area (Å²) in [5.41, 5.74) is 4.87. The summed E-state index contributed by atoms with van der Waals surface area (Å²) in [5.74, 6) is 5.29. The van der Waals surface area contributed by atoms with Gasteiger partial charge in [0.05, 0.1) is 10.6 Å². The van der Waals surface area contributed by atoms with Gasteiger partial charge in [0, 0.05) is 24.4 Å². The number of hydrogen-bond donors (Lipinski definition) is 3. The number of benzene rings is 1. The average Bonchev–Trinajstić information content (AvgIpc) is 2.91. The normalized spacial score (nSPS) is 10.2. The van der Waals surface area contributed by atoms with Gasteiger partial charge >= 0.3 is 0 Å². The van der Waals surface area contributed by atoms with E-state index in [-0.39, 0.29) is 5.69 Å². The van der Waals surface area contributed by atoms with Crippen LogP contribution >= 0.6 is 11.3 Å². The highest BCUT2D eigenvalue weighted by Gasteiger charge is 2.09. The standard InChI is InChI=1S/C12H14N4O2S/c13-15-11-5-10(6-12(7-11)16(17)18)14-3-1-9-2-4-19-8-9/h2,4-8,14-15H,1,3,13H2. The van der Waals surface area contributed by atoms with Crippen LogP contribution in [0.25, 0.3) is 0 Å². The molecule has 0 fully saturated rings. The fraction of sp³-hybridized carbons (Fsp3) is 0.167. The molecule has 7 heteroatoms. The third-order valence-corrected chi connectivity index (χ3v) is 3.35. The van der Waals surface area contributed by atoms with Crippen LogP contribution in [0.4, 0.5) is 17.1 Å². The van der Waals surface area contributed by atoms with Gasteiger partial charge in [-0.1, -0.05) is 0 Å². The van der Waals surface area contributed by atoms with Crippen molar-refractivity contribution in [1.82, 2.24) is 0 Å². The quantitative estimate of drug-likeness (QED) is 0.429. The number of nitrogens with zero attached hydrogens (tertiary/aromatic N) is 1. The Bertz CT molecular complexity index is 557. The van der Waals surface area contributed by atoms with Gasteiger partial charge in [-0.05, 0) is 34.9 Å². The van der Waals surface area contributed by atoms with Crippen LogP contribution in [0.5, 0.6) is 0 Å². The summed E-state index contributed by atoms with van der Waals surface area (Å²) >= 11 is 1.65. The van der Waals surface area contributed by atoms with Gasteiger partial charge in [0.2, 0.25) is 0 Å². The Kier molecular flexibility index (Phi) is 4.32. The number of non-ortho nitro benzene ring substituents is 1. The maximum absolute atomic E-state index is 10.8. The lowest BCUT2D eigenvalue weighted by Crippen LogP contribution is -2.09. The number of nitrogen functional groups attached to an aromatic ring is 1. The van der Waals surface area contributed by atoms with Crippen molar-refractivity contribution in [2.24, 2.45) is 5.84 Å². The van der Waals surface area contributed by atoms with E-state index in [1.807, 2.05) is 5.38 Å². The van der Waals surface area contributed by atoms with Gasteiger partial charge in [0.15, 0.2) is 0 Å². The van der Waals surface area contributed by atoms with Crippen molar-refractivity contribution in [2.45, 2.75) is 6.42 Å². The number of nitro groups is 1. The summed E-state index contributed by atoms with van der Waals surface area (Å²) < 4.78 is 0. The van der Waals surface area contributed by atoms with Crippen molar-refractivity contribution in [3.8, 4) is 0 Å². The first-order chi connectivity index (χ1) is 9.19. The zero-order chi connectivity index (χ0) is 13.7. The molecule has 0 saturated carbocycles. The predicted octanol–water partition coefficient (Wildman–Crippen LogP) is 2.60. The Hall–Kier alpha value is -2.12. The Morgan fingerprint density at radius 3 is 2.74 bits per heavy atom. The van der Waals surface area contributed by atoms with E-state index < -0.39 is 4.92 Å². The van der Waals surface area contributed by atoms with Crippen LogP contribution in [-0.2, 0) is 6.42 Å². The molecule has 0 bridgehead atoms. The Balaban J connectivity index is 2.02. The topological polar surface area (TPSA) is 93.2 Å². The van der Waals surface area contributed by atoms with E-state index in [1.54, 1.807) is 17.4 Å². The average molecular weight is 278 g/mol. The Labute approximate surface area is 114 Å². The summed E-state index contributed by atoms with van der Waals surface area (Å²) in [6, 6.07) is 6.69. The van der Waals surface area contributed by atoms with E-state index in [4.69, 9.17) is 5.84 Å². The molecule has 0 aliphatic carbocycles. The van der Waals surface area contributed by atoms with E-state index in [0.29, 0.717) is 17.9 Å². The number of hydrazine groups is 1. The second-order valence-electron chi connectivity index (χ2n) is 3.98. The summed E-state index contributed by atoms with van der Waals surface area (Å²) in [5, 5.41) is 18.1. The van der Waals surface area contributed by atoms with Crippen molar-refractivity contribution >= 4 is 28.4 Å². The number of nitrogens with one attached hydrogen (secondary N) is 2. The van der Waals surface area contributed by atoms with Crippen LogP contribution < -0.4 is 16.6 Å². The number of rotatable bonds is 6. The van der Waals surface area contributed by atoms with E-state index >= 15 is 0 Å². The van der Waals surface area contributed by atoms with Crippen molar-refractivity contribution in [1.29, 1.82) is 0 Å². The largest absolute Gasteiger partial charge is 0.384 e. The van der Waals surface area contributed by atoms with E-state index in [1.165, 1.54) is 17.7 Å². The molecular formula is C12H14N4O2S. The maximum atomic E-state index is 10.8. The van der Waals surface area contributed by atoms with Crippen LogP contribution in [0.15, 0.2) is 35.0 Å². The first kappa shape index (κ1) is 13.3. The number of hydrogen-bond acceptors (Lipinski definition) is 6. The zero-order valence-electron chi connectivity index (χ0n) is 10.1. The van der Waals surface area contributed by atoms with Crippen LogP contribution in [0, 0.1) is 10.1 Å². The molecule has 4 N–H and O–H groups in total. The van der Waals surface area contributed by atoms with Gasteiger partial charge in [-0.25, -0.2) is 0 Å². The summed E-state index contributed by atoms with van der Waals surface area (Å²) in [6.45, 7) is 0.710. The molecule has 2 rings (SSSR count). The van der Waals surface area contributed by atoms with Crippen LogP contribution in [0.2, 0.25) is 0 Å². The van der Waals surface area contributed by atoms with Crippen molar-refractivity contribution < 1.29 is 4.92 Å². The number of thiophene rings is 1. The third kappa shape index (κ3) is 3.67. The van der Waals surface area contributed by atoms with Gasteiger partial charge in [-0.2, -0.15) is 11.3 Å². The number of nitrogens with two attached hydrogens (primary N) is 1. The minimum atomic E-state index is -0.440. The smallest absolute Gasteiger partial charge is 0.273 e. The molecule has 19 heavy (non-hydrogen) atoms. The predicted molar refractivity (Wildman–Crippen MR) is 77.4 cm³/mol. The second-order valence-corrected chi connectivity index (χ2v) is 4.76. The molecule has 0 amide bonds. The molecule has 2 aromatic rings. The first-order valence-corrected chi connectivity index (χ1v) is 6.64. The third-order valence-electron chi connectivity index (χ3n) is 2.62. The Morgan fingerprint density at radius 1 is 1.32 bits per heavy atom. The van der Waals surface area contributed by atoms with Gasteiger partial charge in [0.1, 0.15) is 0 Å². The highest BCUT2D eigenvalue weighted by molar-refractivity contribution is 7.07.